The van der Waals surface area contributed by atoms with E-state index in [0.29, 0.717) is 17.9 Å². The molecule has 192 valence electrons. The van der Waals surface area contributed by atoms with E-state index in [0.717, 1.165) is 33.4 Å². The van der Waals surface area contributed by atoms with Crippen molar-refractivity contribution in [2.75, 3.05) is 0 Å². The Kier molecular flexibility index (Phi) is 14.6. The predicted molar refractivity (Wildman–Crippen MR) is 141 cm³/mol. The molecule has 0 radical (unpaired) electrons. The van der Waals surface area contributed by atoms with Crippen LogP contribution in [0.5, 0.6) is 11.5 Å². The molecule has 2 aromatic carbocycles. The first-order valence-electron chi connectivity index (χ1n) is 11.8. The summed E-state index contributed by atoms with van der Waals surface area (Å²) in [6.45, 7) is 23.6. The molecule has 2 aromatic rings. The fourth-order valence-electron chi connectivity index (χ4n) is 3.33. The second-order valence-corrected chi connectivity index (χ2v) is 11.5. The topological polar surface area (TPSA) is 80.9 Å². The molecule has 0 fully saturated rings. The van der Waals surface area contributed by atoms with Crippen LogP contribution >= 0.6 is 0 Å². The first-order valence-corrected chi connectivity index (χ1v) is 11.8. The number of aromatic hydroxyl groups is 2. The van der Waals surface area contributed by atoms with Gasteiger partial charge in [0.1, 0.15) is 11.5 Å². The van der Waals surface area contributed by atoms with Crippen molar-refractivity contribution in [2.45, 2.75) is 113 Å². The molecule has 0 saturated heterocycles. The molecule has 2 rings (SSSR count). The fraction of sp³-hybridized carbons (Fsp3) is 0.586. The Morgan fingerprint density at radius 1 is 0.618 bits per heavy atom. The van der Waals surface area contributed by atoms with Crippen molar-refractivity contribution in [3.63, 3.8) is 0 Å². The number of hydrogen-bond acceptors (Lipinski definition) is 4. The van der Waals surface area contributed by atoms with Crippen LogP contribution < -0.4 is 0 Å². The molecule has 4 nitrogen and oxygen atoms in total. The van der Waals surface area contributed by atoms with Crippen molar-refractivity contribution in [1.29, 1.82) is 0 Å². The second kappa shape index (κ2) is 14.3. The van der Waals surface area contributed by atoms with Crippen molar-refractivity contribution in [3.05, 3.63) is 57.6 Å². The number of phenolic OH excluding ortho intramolecular Hbond substituents is 2. The Balaban J connectivity index is 0. The first kappa shape index (κ1) is 34.8. The normalized spacial score (nSPS) is 11.3. The Bertz CT molecular complexity index is 809. The monoisotopic (exact) mass is 508 g/mol. The molecular formula is C29H48O4Ti. The van der Waals surface area contributed by atoms with Gasteiger partial charge in [-0.2, -0.15) is 0 Å². The molecule has 5 heteroatoms. The van der Waals surface area contributed by atoms with Gasteiger partial charge in [0, 0.05) is 40.3 Å². The van der Waals surface area contributed by atoms with Gasteiger partial charge in [-0.05, 0) is 74.6 Å². The molecular weight excluding hydrogens is 460 g/mol. The van der Waals surface area contributed by atoms with E-state index in [1.54, 1.807) is 27.7 Å². The standard InChI is InChI=1S/C23H32O2.2C3H8O.Ti/c1-14-9-16(20(24)18(11-14)22(3,4)5)13-17-10-15(2)12-19(21(17)25)23(6,7)8;2*1-3(2)4;/h9-12,24-25H,13H2,1-8H3;2*3-4H,1-2H3;. The molecule has 4 N–H and O–H groups in total. The van der Waals surface area contributed by atoms with Gasteiger partial charge in [0.2, 0.25) is 0 Å². The summed E-state index contributed by atoms with van der Waals surface area (Å²) < 4.78 is 0. The van der Waals surface area contributed by atoms with Crippen molar-refractivity contribution in [2.24, 2.45) is 0 Å². The van der Waals surface area contributed by atoms with Crippen LogP contribution in [0, 0.1) is 13.8 Å². The van der Waals surface area contributed by atoms with Crippen LogP contribution in [-0.2, 0) is 39.0 Å². The summed E-state index contributed by atoms with van der Waals surface area (Å²) in [5.41, 5.74) is 5.63. The minimum absolute atomic E-state index is 0. The zero-order valence-corrected chi connectivity index (χ0v) is 25.0. The Labute approximate surface area is 223 Å². The summed E-state index contributed by atoms with van der Waals surface area (Å²) in [6, 6.07) is 8.14. The smallest absolute Gasteiger partial charge is 0.122 e. The van der Waals surface area contributed by atoms with Crippen molar-refractivity contribution in [1.82, 2.24) is 0 Å². The third-order valence-corrected chi connectivity index (χ3v) is 4.66. The van der Waals surface area contributed by atoms with Gasteiger partial charge in [-0.1, -0.05) is 76.9 Å². The number of benzene rings is 2. The SMILES string of the molecule is CC(C)O.CC(C)O.Cc1cc(Cc2cc(C)cc(C(C)(C)C)c2O)c(O)c(C(C)(C)C)c1.[Ti]. The summed E-state index contributed by atoms with van der Waals surface area (Å²) >= 11 is 0. The third kappa shape index (κ3) is 12.4. The number of aryl methyl sites for hydroxylation is 2. The molecule has 0 aliphatic carbocycles. The minimum atomic E-state index is -0.167. The molecule has 0 aromatic heterocycles. The summed E-state index contributed by atoms with van der Waals surface area (Å²) in [5.74, 6) is 0.688. The van der Waals surface area contributed by atoms with Gasteiger partial charge in [-0.15, -0.1) is 0 Å². The summed E-state index contributed by atoms with van der Waals surface area (Å²) in [6.07, 6.45) is 0.188. The zero-order chi connectivity index (χ0) is 26.3. The van der Waals surface area contributed by atoms with Crippen LogP contribution in [0.15, 0.2) is 24.3 Å². The molecule has 0 aliphatic heterocycles. The third-order valence-electron chi connectivity index (χ3n) is 4.66. The predicted octanol–water partition coefficient (Wildman–Crippen LogP) is 6.67. The van der Waals surface area contributed by atoms with Crippen LogP contribution in [0.2, 0.25) is 0 Å². The van der Waals surface area contributed by atoms with Crippen LogP contribution in [0.4, 0.5) is 0 Å². The van der Waals surface area contributed by atoms with E-state index >= 15 is 0 Å². The van der Waals surface area contributed by atoms with Gasteiger partial charge in [0.15, 0.2) is 0 Å². The molecule has 0 aliphatic rings. The molecule has 0 bridgehead atoms. The van der Waals surface area contributed by atoms with Crippen LogP contribution in [0.1, 0.15) is 103 Å². The zero-order valence-electron chi connectivity index (χ0n) is 23.5. The number of phenols is 2. The van der Waals surface area contributed by atoms with E-state index in [1.165, 1.54) is 0 Å². The van der Waals surface area contributed by atoms with Crippen LogP contribution in [-0.4, -0.2) is 32.6 Å². The van der Waals surface area contributed by atoms with Crippen molar-refractivity contribution >= 4 is 0 Å². The summed E-state index contributed by atoms with van der Waals surface area (Å²) in [7, 11) is 0. The van der Waals surface area contributed by atoms with E-state index in [9.17, 15) is 10.2 Å². The average molecular weight is 509 g/mol. The summed E-state index contributed by atoms with van der Waals surface area (Å²) in [5, 5.41) is 37.7. The fourth-order valence-corrected chi connectivity index (χ4v) is 3.33. The number of aliphatic hydroxyl groups excluding tert-OH is 2. The van der Waals surface area contributed by atoms with Gasteiger partial charge in [-0.3, -0.25) is 0 Å². The van der Waals surface area contributed by atoms with Gasteiger partial charge >= 0.3 is 0 Å². The quantitative estimate of drug-likeness (QED) is 0.342. The Hall–Kier alpha value is -1.33. The molecule has 0 spiro atoms. The Morgan fingerprint density at radius 2 is 0.853 bits per heavy atom. The van der Waals surface area contributed by atoms with Crippen LogP contribution in [0.3, 0.4) is 0 Å². The van der Waals surface area contributed by atoms with Gasteiger partial charge in [-0.25, -0.2) is 0 Å². The van der Waals surface area contributed by atoms with E-state index in [1.807, 2.05) is 12.1 Å². The van der Waals surface area contributed by atoms with Gasteiger partial charge in [0.25, 0.3) is 0 Å². The molecule has 0 atom stereocenters. The average Bonchev–Trinajstić information content (AvgIpc) is 2.57. The van der Waals surface area contributed by atoms with Crippen molar-refractivity contribution < 1.29 is 42.1 Å². The van der Waals surface area contributed by atoms with E-state index in [-0.39, 0.29) is 44.8 Å². The van der Waals surface area contributed by atoms with E-state index in [2.05, 4.69) is 67.5 Å². The molecule has 34 heavy (non-hydrogen) atoms. The number of hydrogen-bond donors (Lipinski definition) is 4. The first-order chi connectivity index (χ1) is 14.8. The summed E-state index contributed by atoms with van der Waals surface area (Å²) in [4.78, 5) is 0. The maximum absolute atomic E-state index is 10.8. The molecule has 0 heterocycles. The van der Waals surface area contributed by atoms with Crippen molar-refractivity contribution in [3.8, 4) is 11.5 Å². The van der Waals surface area contributed by atoms with E-state index in [4.69, 9.17) is 10.2 Å². The number of aliphatic hydroxyl groups is 2. The number of rotatable bonds is 2. The minimum Gasteiger partial charge on any atom is -0.507 e. The second-order valence-electron chi connectivity index (χ2n) is 11.5. The largest absolute Gasteiger partial charge is 0.507 e. The molecule has 0 amide bonds. The molecule has 0 saturated carbocycles. The van der Waals surface area contributed by atoms with E-state index < -0.39 is 0 Å². The molecule has 0 unspecified atom stereocenters. The van der Waals surface area contributed by atoms with Gasteiger partial charge in [0.05, 0.1) is 0 Å². The van der Waals surface area contributed by atoms with Crippen LogP contribution in [0.25, 0.3) is 0 Å². The van der Waals surface area contributed by atoms with Gasteiger partial charge < -0.3 is 20.4 Å². The maximum Gasteiger partial charge on any atom is 0.122 e. The maximum atomic E-state index is 10.8. The Morgan fingerprint density at radius 3 is 1.06 bits per heavy atom.